The minimum Gasteiger partial charge on any atom is -0.444 e. The Kier molecular flexibility index (Phi) is 3.04. The van der Waals surface area contributed by atoms with E-state index in [0.717, 1.165) is 16.7 Å². The van der Waals surface area contributed by atoms with Crippen molar-refractivity contribution in [3.8, 4) is 12.3 Å². The molecule has 0 atom stereocenters. The summed E-state index contributed by atoms with van der Waals surface area (Å²) in [7, 11) is 0. The number of nitrogens with zero attached hydrogens (tertiary/aromatic N) is 1. The Morgan fingerprint density at radius 2 is 2.11 bits per heavy atom. The molecule has 0 unspecified atom stereocenters. The molecule has 1 aliphatic rings. The second-order valence-corrected chi connectivity index (χ2v) is 5.42. The second kappa shape index (κ2) is 4.38. The van der Waals surface area contributed by atoms with Crippen molar-refractivity contribution < 1.29 is 9.53 Å². The molecule has 94 valence electrons. The predicted octanol–water partition coefficient (Wildman–Crippen LogP) is 2.92. The van der Waals surface area contributed by atoms with Crippen LogP contribution in [0.25, 0.3) is 0 Å². The van der Waals surface area contributed by atoms with Crippen molar-refractivity contribution in [2.45, 2.75) is 39.5 Å². The van der Waals surface area contributed by atoms with Crippen molar-refractivity contribution >= 4 is 6.09 Å². The van der Waals surface area contributed by atoms with Gasteiger partial charge in [-0.25, -0.2) is 4.79 Å². The highest BCUT2D eigenvalue weighted by molar-refractivity contribution is 5.70. The van der Waals surface area contributed by atoms with Crippen LogP contribution in [0.4, 0.5) is 4.79 Å². The van der Waals surface area contributed by atoms with Crippen LogP contribution < -0.4 is 0 Å². The summed E-state index contributed by atoms with van der Waals surface area (Å²) in [6.45, 7) is 6.69. The number of amides is 1. The van der Waals surface area contributed by atoms with Crippen LogP contribution in [-0.4, -0.2) is 16.6 Å². The third kappa shape index (κ3) is 2.48. The average Bonchev–Trinajstić information content (AvgIpc) is 2.70. The zero-order valence-corrected chi connectivity index (χ0v) is 11.0. The first-order valence-corrected chi connectivity index (χ1v) is 5.96. The van der Waals surface area contributed by atoms with Crippen LogP contribution in [0, 0.1) is 12.3 Å². The molecular weight excluding hydrogens is 226 g/mol. The first-order chi connectivity index (χ1) is 8.40. The van der Waals surface area contributed by atoms with Crippen LogP contribution in [0.1, 0.15) is 37.5 Å². The van der Waals surface area contributed by atoms with Crippen molar-refractivity contribution in [2.24, 2.45) is 0 Å². The zero-order valence-electron chi connectivity index (χ0n) is 11.0. The van der Waals surface area contributed by atoms with Crippen molar-refractivity contribution in [3.63, 3.8) is 0 Å². The van der Waals surface area contributed by atoms with E-state index in [1.165, 1.54) is 0 Å². The number of ether oxygens (including phenoxy) is 1. The first-order valence-electron chi connectivity index (χ1n) is 5.96. The molecule has 3 nitrogen and oxygen atoms in total. The summed E-state index contributed by atoms with van der Waals surface area (Å²) in [5.41, 5.74) is 2.56. The maximum Gasteiger partial charge on any atom is 0.410 e. The van der Waals surface area contributed by atoms with E-state index in [4.69, 9.17) is 11.2 Å². The number of rotatable bonds is 0. The lowest BCUT2D eigenvalue weighted by Crippen LogP contribution is -2.33. The molecule has 0 radical (unpaired) electrons. The maximum atomic E-state index is 12.0. The molecule has 1 aromatic rings. The Morgan fingerprint density at radius 1 is 1.39 bits per heavy atom. The molecule has 0 N–H and O–H groups in total. The van der Waals surface area contributed by atoms with Gasteiger partial charge < -0.3 is 4.74 Å². The van der Waals surface area contributed by atoms with E-state index >= 15 is 0 Å². The molecule has 1 heterocycles. The van der Waals surface area contributed by atoms with Crippen LogP contribution in [0.2, 0.25) is 0 Å². The van der Waals surface area contributed by atoms with Crippen molar-refractivity contribution in [3.05, 3.63) is 34.9 Å². The van der Waals surface area contributed by atoms with E-state index in [0.29, 0.717) is 13.1 Å². The molecular formula is C15H17NO2. The molecule has 3 heteroatoms. The van der Waals surface area contributed by atoms with Crippen LogP contribution in [-0.2, 0) is 17.8 Å². The fraction of sp³-hybridized carbons (Fsp3) is 0.400. The quantitative estimate of drug-likeness (QED) is 0.656. The molecule has 0 aliphatic carbocycles. The molecule has 1 aliphatic heterocycles. The van der Waals surface area contributed by atoms with Gasteiger partial charge in [-0.2, -0.15) is 0 Å². The summed E-state index contributed by atoms with van der Waals surface area (Å²) in [5, 5.41) is 0. The Balaban J connectivity index is 2.16. The molecule has 1 amide bonds. The monoisotopic (exact) mass is 243 g/mol. The highest BCUT2D eigenvalue weighted by Gasteiger charge is 2.28. The van der Waals surface area contributed by atoms with E-state index in [1.54, 1.807) is 4.90 Å². The van der Waals surface area contributed by atoms with Gasteiger partial charge in [0.2, 0.25) is 0 Å². The Labute approximate surface area is 108 Å². The summed E-state index contributed by atoms with van der Waals surface area (Å²) < 4.78 is 5.36. The van der Waals surface area contributed by atoms with Crippen LogP contribution >= 0.6 is 0 Å². The molecule has 1 aromatic carbocycles. The third-order valence-electron chi connectivity index (χ3n) is 2.79. The van der Waals surface area contributed by atoms with Crippen molar-refractivity contribution in [2.75, 3.05) is 0 Å². The largest absolute Gasteiger partial charge is 0.444 e. The van der Waals surface area contributed by atoms with Gasteiger partial charge in [0.15, 0.2) is 0 Å². The molecule has 0 saturated carbocycles. The summed E-state index contributed by atoms with van der Waals surface area (Å²) in [6, 6.07) is 5.82. The second-order valence-electron chi connectivity index (χ2n) is 5.42. The van der Waals surface area contributed by atoms with Gasteiger partial charge in [-0.1, -0.05) is 18.1 Å². The lowest BCUT2D eigenvalue weighted by Gasteiger charge is -2.24. The SMILES string of the molecule is C#Cc1cccc2c1CN(C(=O)OC(C)(C)C)C2. The normalized spacial score (nSPS) is 14.0. The summed E-state index contributed by atoms with van der Waals surface area (Å²) in [5.74, 6) is 2.66. The molecule has 18 heavy (non-hydrogen) atoms. The third-order valence-corrected chi connectivity index (χ3v) is 2.79. The number of terminal acetylenes is 1. The molecule has 0 fully saturated rings. The predicted molar refractivity (Wildman–Crippen MR) is 69.9 cm³/mol. The van der Waals surface area contributed by atoms with Crippen LogP contribution in [0.3, 0.4) is 0 Å². The van der Waals surface area contributed by atoms with E-state index in [9.17, 15) is 4.79 Å². The van der Waals surface area contributed by atoms with Crippen LogP contribution in [0.15, 0.2) is 18.2 Å². The topological polar surface area (TPSA) is 29.5 Å². The number of hydrogen-bond donors (Lipinski definition) is 0. The summed E-state index contributed by atoms with van der Waals surface area (Å²) >= 11 is 0. The molecule has 0 bridgehead atoms. The number of fused-ring (bicyclic) bond motifs is 1. The molecule has 0 spiro atoms. The Bertz CT molecular complexity index is 520. The minimum atomic E-state index is -0.471. The highest BCUT2D eigenvalue weighted by atomic mass is 16.6. The number of benzene rings is 1. The van der Waals surface area contributed by atoms with Gasteiger partial charge in [0.25, 0.3) is 0 Å². The highest BCUT2D eigenvalue weighted by Crippen LogP contribution is 2.26. The average molecular weight is 243 g/mol. The number of hydrogen-bond acceptors (Lipinski definition) is 2. The Morgan fingerprint density at radius 3 is 2.72 bits per heavy atom. The van der Waals surface area contributed by atoms with Gasteiger partial charge in [0.1, 0.15) is 5.60 Å². The van der Waals surface area contributed by atoms with Gasteiger partial charge in [-0.15, -0.1) is 6.42 Å². The minimum absolute atomic E-state index is 0.290. The standard InChI is InChI=1S/C15H17NO2/c1-5-11-7-6-8-12-9-16(10-13(11)12)14(17)18-15(2,3)4/h1,6-8H,9-10H2,2-4H3. The van der Waals surface area contributed by atoms with E-state index in [-0.39, 0.29) is 6.09 Å². The van der Waals surface area contributed by atoms with Crippen molar-refractivity contribution in [1.29, 1.82) is 0 Å². The van der Waals surface area contributed by atoms with Gasteiger partial charge in [-0.05, 0) is 38.0 Å². The number of carbonyl (C=O) groups excluding carboxylic acids is 1. The fourth-order valence-electron chi connectivity index (χ4n) is 2.01. The zero-order chi connectivity index (χ0) is 13.3. The summed E-state index contributed by atoms with van der Waals surface area (Å²) in [6.07, 6.45) is 5.17. The van der Waals surface area contributed by atoms with Gasteiger partial charge in [0.05, 0.1) is 6.54 Å². The van der Waals surface area contributed by atoms with Gasteiger partial charge in [-0.3, -0.25) is 4.90 Å². The van der Waals surface area contributed by atoms with Crippen LogP contribution in [0.5, 0.6) is 0 Å². The smallest absolute Gasteiger partial charge is 0.410 e. The molecule has 0 aromatic heterocycles. The number of carbonyl (C=O) groups is 1. The lowest BCUT2D eigenvalue weighted by molar-refractivity contribution is 0.0242. The first kappa shape index (κ1) is 12.5. The van der Waals surface area contributed by atoms with Gasteiger partial charge in [0, 0.05) is 12.1 Å². The maximum absolute atomic E-state index is 12.0. The van der Waals surface area contributed by atoms with E-state index in [2.05, 4.69) is 5.92 Å². The van der Waals surface area contributed by atoms with Crippen molar-refractivity contribution in [1.82, 2.24) is 4.90 Å². The fourth-order valence-corrected chi connectivity index (χ4v) is 2.01. The Hall–Kier alpha value is -1.95. The van der Waals surface area contributed by atoms with E-state index < -0.39 is 5.60 Å². The molecule has 2 rings (SSSR count). The van der Waals surface area contributed by atoms with Gasteiger partial charge >= 0.3 is 6.09 Å². The molecule has 0 saturated heterocycles. The lowest BCUT2D eigenvalue weighted by atomic mass is 10.0. The van der Waals surface area contributed by atoms with E-state index in [1.807, 2.05) is 39.0 Å². The summed E-state index contributed by atoms with van der Waals surface area (Å²) in [4.78, 5) is 13.7.